The van der Waals surface area contributed by atoms with Crippen molar-refractivity contribution in [1.29, 1.82) is 0 Å². The fraction of sp³-hybridized carbons (Fsp3) is 0.190. The van der Waals surface area contributed by atoms with Crippen LogP contribution in [0.15, 0.2) is 60.8 Å². The summed E-state index contributed by atoms with van der Waals surface area (Å²) in [5.41, 5.74) is 3.17. The van der Waals surface area contributed by atoms with Crippen LogP contribution in [0.5, 0.6) is 5.75 Å². The topological polar surface area (TPSA) is 54.1 Å². The van der Waals surface area contributed by atoms with E-state index in [9.17, 15) is 4.79 Å². The Morgan fingerprint density at radius 1 is 1.16 bits per heavy atom. The number of hydrogen-bond donors (Lipinski definition) is 2. The van der Waals surface area contributed by atoms with Crippen LogP contribution < -0.4 is 10.1 Å². The number of nitrogens with one attached hydrogen (secondary N) is 2. The summed E-state index contributed by atoms with van der Waals surface area (Å²) >= 11 is 0. The number of fused-ring (bicyclic) bond motifs is 1. The van der Waals surface area contributed by atoms with Crippen molar-refractivity contribution in [3.05, 3.63) is 71.9 Å². The van der Waals surface area contributed by atoms with Gasteiger partial charge >= 0.3 is 0 Å². The maximum Gasteiger partial charge on any atom is 0.244 e. The van der Waals surface area contributed by atoms with E-state index in [1.165, 1.54) is 0 Å². The highest BCUT2D eigenvalue weighted by Gasteiger charge is 2.04. The molecule has 1 aromatic heterocycles. The molecule has 1 heterocycles. The van der Waals surface area contributed by atoms with E-state index in [-0.39, 0.29) is 5.91 Å². The Morgan fingerprint density at radius 2 is 1.96 bits per heavy atom. The lowest BCUT2D eigenvalue weighted by molar-refractivity contribution is -0.116. The number of amides is 1. The molecule has 0 radical (unpaired) electrons. The Balaban J connectivity index is 1.55. The van der Waals surface area contributed by atoms with Gasteiger partial charge in [-0.2, -0.15) is 0 Å². The van der Waals surface area contributed by atoms with E-state index in [2.05, 4.69) is 10.3 Å². The highest BCUT2D eigenvalue weighted by atomic mass is 16.5. The third-order valence-electron chi connectivity index (χ3n) is 4.00. The summed E-state index contributed by atoms with van der Waals surface area (Å²) in [4.78, 5) is 15.2. The molecule has 4 nitrogen and oxygen atoms in total. The molecule has 25 heavy (non-hydrogen) atoms. The average molecular weight is 334 g/mol. The molecule has 0 bridgehead atoms. The summed E-state index contributed by atoms with van der Waals surface area (Å²) in [6.07, 6.45) is 6.06. The number of carbonyl (C=O) groups is 1. The molecule has 2 aromatic carbocycles. The molecule has 0 aliphatic heterocycles. The summed E-state index contributed by atoms with van der Waals surface area (Å²) in [5.74, 6) is 0.785. The number of hydrogen-bond acceptors (Lipinski definition) is 2. The molecule has 0 saturated heterocycles. The van der Waals surface area contributed by atoms with Gasteiger partial charge in [0.1, 0.15) is 5.75 Å². The maximum atomic E-state index is 12.0. The molecule has 4 heteroatoms. The van der Waals surface area contributed by atoms with E-state index >= 15 is 0 Å². The van der Waals surface area contributed by atoms with Gasteiger partial charge in [-0.05, 0) is 42.7 Å². The van der Waals surface area contributed by atoms with Crippen LogP contribution >= 0.6 is 0 Å². The van der Waals surface area contributed by atoms with Crippen molar-refractivity contribution in [2.24, 2.45) is 0 Å². The van der Waals surface area contributed by atoms with Crippen molar-refractivity contribution >= 4 is 22.9 Å². The molecule has 0 aliphatic rings. The minimum absolute atomic E-state index is 0.0980. The minimum atomic E-state index is -0.0980. The zero-order chi connectivity index (χ0) is 17.5. The molecule has 128 valence electrons. The first kappa shape index (κ1) is 16.8. The maximum absolute atomic E-state index is 12.0. The lowest BCUT2D eigenvalue weighted by Crippen LogP contribution is -2.23. The lowest BCUT2D eigenvalue weighted by Gasteiger charge is -2.09. The van der Waals surface area contributed by atoms with Gasteiger partial charge in [-0.15, -0.1) is 0 Å². The molecule has 0 aliphatic carbocycles. The van der Waals surface area contributed by atoms with E-state index < -0.39 is 0 Å². The van der Waals surface area contributed by atoms with Crippen LogP contribution in [0.3, 0.4) is 0 Å². The summed E-state index contributed by atoms with van der Waals surface area (Å²) in [6.45, 7) is 3.17. The molecule has 0 saturated carbocycles. The Hall–Kier alpha value is -3.01. The first-order valence-electron chi connectivity index (χ1n) is 8.50. The molecular weight excluding hydrogens is 312 g/mol. The third-order valence-corrected chi connectivity index (χ3v) is 4.00. The van der Waals surface area contributed by atoms with E-state index in [0.29, 0.717) is 13.2 Å². The number of carbonyl (C=O) groups excluding carboxylic acids is 1. The molecule has 3 aromatic rings. The van der Waals surface area contributed by atoms with Gasteiger partial charge in [0.05, 0.1) is 6.61 Å². The largest absolute Gasteiger partial charge is 0.494 e. The highest BCUT2D eigenvalue weighted by molar-refractivity contribution is 5.96. The Kier molecular flexibility index (Phi) is 5.52. The van der Waals surface area contributed by atoms with Crippen LogP contribution in [-0.4, -0.2) is 24.0 Å². The van der Waals surface area contributed by atoms with Crippen LogP contribution in [0.1, 0.15) is 18.1 Å². The smallest absolute Gasteiger partial charge is 0.244 e. The van der Waals surface area contributed by atoms with Gasteiger partial charge in [-0.25, -0.2) is 0 Å². The molecule has 0 atom stereocenters. The zero-order valence-electron chi connectivity index (χ0n) is 14.3. The Labute approximate surface area is 147 Å². The number of H-pyrrole nitrogens is 1. The minimum Gasteiger partial charge on any atom is -0.494 e. The van der Waals surface area contributed by atoms with E-state index in [4.69, 9.17) is 4.74 Å². The van der Waals surface area contributed by atoms with E-state index in [1.807, 2.05) is 67.7 Å². The van der Waals surface area contributed by atoms with Gasteiger partial charge in [-0.3, -0.25) is 4.79 Å². The van der Waals surface area contributed by atoms with Gasteiger partial charge in [0.25, 0.3) is 0 Å². The van der Waals surface area contributed by atoms with Gasteiger partial charge in [-0.1, -0.05) is 36.4 Å². The van der Waals surface area contributed by atoms with E-state index in [0.717, 1.165) is 34.2 Å². The second-order valence-electron chi connectivity index (χ2n) is 5.70. The fourth-order valence-electron chi connectivity index (χ4n) is 2.78. The Morgan fingerprint density at radius 3 is 2.84 bits per heavy atom. The van der Waals surface area contributed by atoms with Gasteiger partial charge in [0.2, 0.25) is 5.91 Å². The summed E-state index contributed by atoms with van der Waals surface area (Å²) in [6, 6.07) is 15.9. The quantitative estimate of drug-likeness (QED) is 0.643. The number of aromatic nitrogens is 1. The van der Waals surface area contributed by atoms with Crippen molar-refractivity contribution in [1.82, 2.24) is 10.3 Å². The molecular formula is C21H22N2O2. The fourth-order valence-corrected chi connectivity index (χ4v) is 2.78. The van der Waals surface area contributed by atoms with Crippen LogP contribution in [0, 0.1) is 0 Å². The molecule has 3 rings (SSSR count). The average Bonchev–Trinajstić information content (AvgIpc) is 3.05. The van der Waals surface area contributed by atoms with Crippen LogP contribution in [0.2, 0.25) is 0 Å². The standard InChI is InChI=1S/C21H22N2O2/c1-2-25-20-10-6-3-7-16(20)13-14-22-21(24)12-11-17-15-23-19-9-5-4-8-18(17)19/h3-12,15,23H,2,13-14H2,1H3,(H,22,24). The molecule has 0 unspecified atom stereocenters. The predicted octanol–water partition coefficient (Wildman–Crippen LogP) is 3.94. The molecule has 2 N–H and O–H groups in total. The van der Waals surface area contributed by atoms with Crippen molar-refractivity contribution < 1.29 is 9.53 Å². The van der Waals surface area contributed by atoms with Gasteiger partial charge < -0.3 is 15.0 Å². The van der Waals surface area contributed by atoms with Crippen molar-refractivity contribution in [3.63, 3.8) is 0 Å². The van der Waals surface area contributed by atoms with Crippen LogP contribution in [0.4, 0.5) is 0 Å². The van der Waals surface area contributed by atoms with E-state index in [1.54, 1.807) is 6.08 Å². The number of aromatic amines is 1. The summed E-state index contributed by atoms with van der Waals surface area (Å²) < 4.78 is 5.60. The Bertz CT molecular complexity index is 880. The number of benzene rings is 2. The molecule has 0 fully saturated rings. The second kappa shape index (κ2) is 8.20. The monoisotopic (exact) mass is 334 g/mol. The lowest BCUT2D eigenvalue weighted by atomic mass is 10.1. The first-order valence-corrected chi connectivity index (χ1v) is 8.50. The number of para-hydroxylation sites is 2. The van der Waals surface area contributed by atoms with Crippen LogP contribution in [0.25, 0.3) is 17.0 Å². The van der Waals surface area contributed by atoms with Gasteiger partial charge in [0.15, 0.2) is 0 Å². The zero-order valence-corrected chi connectivity index (χ0v) is 14.3. The second-order valence-corrected chi connectivity index (χ2v) is 5.70. The number of ether oxygens (including phenoxy) is 1. The van der Waals surface area contributed by atoms with Crippen molar-refractivity contribution in [3.8, 4) is 5.75 Å². The highest BCUT2D eigenvalue weighted by Crippen LogP contribution is 2.19. The summed E-state index contributed by atoms with van der Waals surface area (Å²) in [7, 11) is 0. The molecule has 0 spiro atoms. The summed E-state index contributed by atoms with van der Waals surface area (Å²) in [5, 5.41) is 4.03. The normalized spacial score (nSPS) is 11.1. The number of rotatable bonds is 7. The van der Waals surface area contributed by atoms with Crippen molar-refractivity contribution in [2.45, 2.75) is 13.3 Å². The van der Waals surface area contributed by atoms with Crippen LogP contribution in [-0.2, 0) is 11.2 Å². The third kappa shape index (κ3) is 4.29. The predicted molar refractivity (Wildman–Crippen MR) is 102 cm³/mol. The van der Waals surface area contributed by atoms with Gasteiger partial charge in [0, 0.05) is 29.7 Å². The molecule has 1 amide bonds. The van der Waals surface area contributed by atoms with Crippen molar-refractivity contribution in [2.75, 3.05) is 13.2 Å². The SMILES string of the molecule is CCOc1ccccc1CCNC(=O)C=Cc1c[nH]c2ccccc12. The first-order chi connectivity index (χ1) is 12.3.